The smallest absolute Gasteiger partial charge is 0.320 e. The van der Waals surface area contributed by atoms with Crippen molar-refractivity contribution < 1.29 is 9.15 Å². The van der Waals surface area contributed by atoms with Gasteiger partial charge in [0, 0.05) is 30.3 Å². The van der Waals surface area contributed by atoms with Crippen LogP contribution in [0.2, 0.25) is 0 Å². The number of nitrogens with zero attached hydrogens (tertiary/aromatic N) is 4. The lowest BCUT2D eigenvalue weighted by Gasteiger charge is -2.09. The summed E-state index contributed by atoms with van der Waals surface area (Å²) < 4.78 is 13.1. The number of nitrogens with one attached hydrogen (secondary N) is 1. The topological polar surface area (TPSA) is 78.0 Å². The van der Waals surface area contributed by atoms with Gasteiger partial charge in [-0.2, -0.15) is 5.10 Å². The number of rotatable bonds is 7. The van der Waals surface area contributed by atoms with Gasteiger partial charge in [-0.05, 0) is 61.4 Å². The standard InChI is InChI=1S/C21H21N5O2/c1-3-27-14-16-6-5-15(2)19(13-16)23-21-25-24-20(28-21)17-7-9-18(10-8-17)26-12-4-11-22-26/h4-13H,3,14H2,1-2H3,(H,23,25). The van der Waals surface area contributed by atoms with Gasteiger partial charge in [0.2, 0.25) is 5.89 Å². The summed E-state index contributed by atoms with van der Waals surface area (Å²) in [4.78, 5) is 0. The summed E-state index contributed by atoms with van der Waals surface area (Å²) >= 11 is 0. The van der Waals surface area contributed by atoms with Crippen molar-refractivity contribution in [2.75, 3.05) is 11.9 Å². The van der Waals surface area contributed by atoms with E-state index in [9.17, 15) is 0 Å². The number of hydrogen-bond donors (Lipinski definition) is 1. The van der Waals surface area contributed by atoms with E-state index in [0.29, 0.717) is 25.1 Å². The zero-order chi connectivity index (χ0) is 19.3. The molecule has 0 saturated carbocycles. The summed E-state index contributed by atoms with van der Waals surface area (Å²) in [5, 5.41) is 15.7. The first-order valence-electron chi connectivity index (χ1n) is 9.11. The Labute approximate surface area is 163 Å². The minimum atomic E-state index is 0.350. The molecule has 0 spiro atoms. The molecule has 0 atom stereocenters. The maximum Gasteiger partial charge on any atom is 0.320 e. The first-order chi connectivity index (χ1) is 13.7. The van der Waals surface area contributed by atoms with Crippen LogP contribution in [0.1, 0.15) is 18.1 Å². The first-order valence-corrected chi connectivity index (χ1v) is 9.11. The van der Waals surface area contributed by atoms with Crippen LogP contribution in [0.15, 0.2) is 65.3 Å². The zero-order valence-corrected chi connectivity index (χ0v) is 15.8. The molecule has 0 bridgehead atoms. The molecule has 0 aliphatic rings. The van der Waals surface area contributed by atoms with Gasteiger partial charge in [-0.25, -0.2) is 4.68 Å². The highest BCUT2D eigenvalue weighted by atomic mass is 16.5. The molecule has 0 radical (unpaired) electrons. The van der Waals surface area contributed by atoms with Crippen molar-refractivity contribution in [2.45, 2.75) is 20.5 Å². The lowest BCUT2D eigenvalue weighted by atomic mass is 10.1. The first kappa shape index (κ1) is 17.9. The van der Waals surface area contributed by atoms with Crippen LogP contribution in [0.5, 0.6) is 0 Å². The summed E-state index contributed by atoms with van der Waals surface area (Å²) in [5.41, 5.74) is 4.90. The minimum absolute atomic E-state index is 0.350. The van der Waals surface area contributed by atoms with Gasteiger partial charge < -0.3 is 14.5 Å². The normalized spacial score (nSPS) is 10.9. The second-order valence-electron chi connectivity index (χ2n) is 6.32. The fraction of sp³-hybridized carbons (Fsp3) is 0.190. The van der Waals surface area contributed by atoms with Crippen molar-refractivity contribution in [1.29, 1.82) is 0 Å². The SMILES string of the molecule is CCOCc1ccc(C)c(Nc2nnc(-c3ccc(-n4cccn4)cc3)o2)c1. The van der Waals surface area contributed by atoms with E-state index in [1.54, 1.807) is 10.9 Å². The zero-order valence-electron chi connectivity index (χ0n) is 15.8. The van der Waals surface area contributed by atoms with Crippen molar-refractivity contribution in [3.05, 3.63) is 72.1 Å². The largest absolute Gasteiger partial charge is 0.403 e. The molecule has 7 heteroatoms. The lowest BCUT2D eigenvalue weighted by Crippen LogP contribution is -1.97. The summed E-state index contributed by atoms with van der Waals surface area (Å²) in [7, 11) is 0. The molecule has 2 aromatic carbocycles. The van der Waals surface area contributed by atoms with E-state index in [1.165, 1.54) is 0 Å². The van der Waals surface area contributed by atoms with Gasteiger partial charge in [0.25, 0.3) is 0 Å². The Morgan fingerprint density at radius 2 is 1.96 bits per heavy atom. The van der Waals surface area contributed by atoms with Crippen LogP contribution in [0.4, 0.5) is 11.7 Å². The van der Waals surface area contributed by atoms with Gasteiger partial charge in [0.15, 0.2) is 0 Å². The van der Waals surface area contributed by atoms with Crippen LogP contribution < -0.4 is 5.32 Å². The monoisotopic (exact) mass is 375 g/mol. The average Bonchev–Trinajstić information content (AvgIpc) is 3.41. The van der Waals surface area contributed by atoms with Gasteiger partial charge in [0.05, 0.1) is 12.3 Å². The third kappa shape index (κ3) is 3.94. The Morgan fingerprint density at radius 1 is 1.11 bits per heavy atom. The molecule has 0 saturated heterocycles. The molecule has 2 aromatic heterocycles. The van der Waals surface area contributed by atoms with Gasteiger partial charge in [-0.3, -0.25) is 0 Å². The van der Waals surface area contributed by atoms with E-state index in [0.717, 1.165) is 28.1 Å². The molecule has 4 rings (SSSR count). The van der Waals surface area contributed by atoms with Crippen molar-refractivity contribution in [3.8, 4) is 17.1 Å². The summed E-state index contributed by atoms with van der Waals surface area (Å²) in [6.45, 7) is 5.26. The maximum absolute atomic E-state index is 5.79. The van der Waals surface area contributed by atoms with Gasteiger partial charge in [0.1, 0.15) is 0 Å². The number of hydrogen-bond acceptors (Lipinski definition) is 6. The summed E-state index contributed by atoms with van der Waals surface area (Å²) in [5.74, 6) is 0.456. The van der Waals surface area contributed by atoms with Crippen molar-refractivity contribution in [3.63, 3.8) is 0 Å². The highest BCUT2D eigenvalue weighted by Crippen LogP contribution is 2.25. The molecule has 28 heavy (non-hydrogen) atoms. The lowest BCUT2D eigenvalue weighted by molar-refractivity contribution is 0.134. The Hall–Kier alpha value is -3.45. The summed E-state index contributed by atoms with van der Waals surface area (Å²) in [6.07, 6.45) is 3.64. The molecule has 0 aliphatic heterocycles. The molecule has 0 fully saturated rings. The predicted octanol–water partition coefficient (Wildman–Crippen LogP) is 4.51. The molecule has 4 aromatic rings. The van der Waals surface area contributed by atoms with E-state index < -0.39 is 0 Å². The number of anilines is 2. The third-order valence-corrected chi connectivity index (χ3v) is 4.32. The van der Waals surface area contributed by atoms with Gasteiger partial charge in [-0.15, -0.1) is 5.10 Å². The van der Waals surface area contributed by atoms with Crippen molar-refractivity contribution >= 4 is 11.7 Å². The average molecular weight is 375 g/mol. The second-order valence-corrected chi connectivity index (χ2v) is 6.32. The van der Waals surface area contributed by atoms with Crippen molar-refractivity contribution in [2.24, 2.45) is 0 Å². The van der Waals surface area contributed by atoms with Crippen LogP contribution in [0, 0.1) is 6.92 Å². The Balaban J connectivity index is 1.50. The number of ether oxygens (including phenoxy) is 1. The molecular weight excluding hydrogens is 354 g/mol. The number of aromatic nitrogens is 4. The van der Waals surface area contributed by atoms with Crippen LogP contribution in [-0.4, -0.2) is 26.6 Å². The quantitative estimate of drug-likeness (QED) is 0.512. The maximum atomic E-state index is 5.79. The molecule has 7 nitrogen and oxygen atoms in total. The fourth-order valence-electron chi connectivity index (χ4n) is 2.80. The molecule has 0 unspecified atom stereocenters. The summed E-state index contributed by atoms with van der Waals surface area (Å²) in [6, 6.07) is 16.1. The minimum Gasteiger partial charge on any atom is -0.403 e. The Kier molecular flexibility index (Phi) is 5.16. The van der Waals surface area contributed by atoms with E-state index in [4.69, 9.17) is 9.15 Å². The van der Waals surface area contributed by atoms with Gasteiger partial charge >= 0.3 is 6.01 Å². The number of benzene rings is 2. The number of aryl methyl sites for hydroxylation is 1. The van der Waals surface area contributed by atoms with Gasteiger partial charge in [-0.1, -0.05) is 17.2 Å². The van der Waals surface area contributed by atoms with E-state index in [2.05, 4.69) is 26.7 Å². The highest BCUT2D eigenvalue weighted by molar-refractivity contribution is 5.60. The van der Waals surface area contributed by atoms with Crippen LogP contribution in [0.3, 0.4) is 0 Å². The molecule has 1 N–H and O–H groups in total. The van der Waals surface area contributed by atoms with E-state index >= 15 is 0 Å². The van der Waals surface area contributed by atoms with E-state index in [-0.39, 0.29) is 0 Å². The highest BCUT2D eigenvalue weighted by Gasteiger charge is 2.10. The molecule has 0 amide bonds. The predicted molar refractivity (Wildman–Crippen MR) is 107 cm³/mol. The second kappa shape index (κ2) is 8.06. The molecule has 0 aliphatic carbocycles. The van der Waals surface area contributed by atoms with Crippen LogP contribution in [-0.2, 0) is 11.3 Å². The third-order valence-electron chi connectivity index (χ3n) is 4.32. The van der Waals surface area contributed by atoms with Crippen LogP contribution in [0.25, 0.3) is 17.1 Å². The Morgan fingerprint density at radius 3 is 2.71 bits per heavy atom. The van der Waals surface area contributed by atoms with Crippen LogP contribution >= 0.6 is 0 Å². The molecule has 2 heterocycles. The fourth-order valence-corrected chi connectivity index (χ4v) is 2.80. The van der Waals surface area contributed by atoms with Crippen molar-refractivity contribution in [1.82, 2.24) is 20.0 Å². The molecular formula is C21H21N5O2. The van der Waals surface area contributed by atoms with E-state index in [1.807, 2.05) is 62.5 Å². The Bertz CT molecular complexity index is 1040. The molecule has 142 valence electrons.